The number of aromatic amines is 1. The molecule has 3 rings (SSSR count). The molecule has 1 N–H and O–H groups in total. The van der Waals surface area contributed by atoms with E-state index in [1.165, 1.54) is 10.4 Å². The molecule has 5 heteroatoms. The number of nitrogens with zero attached hydrogens (tertiary/aromatic N) is 2. The first-order chi connectivity index (χ1) is 10.1. The molecule has 0 saturated carbocycles. The van der Waals surface area contributed by atoms with E-state index in [1.807, 2.05) is 24.5 Å². The van der Waals surface area contributed by atoms with E-state index < -0.39 is 0 Å². The summed E-state index contributed by atoms with van der Waals surface area (Å²) in [6.07, 6.45) is 3.63. The van der Waals surface area contributed by atoms with Crippen LogP contribution in [0.15, 0.2) is 41.1 Å². The summed E-state index contributed by atoms with van der Waals surface area (Å²) in [6, 6.07) is 6.22. The fraction of sp³-hybridized carbons (Fsp3) is 0.250. The van der Waals surface area contributed by atoms with Gasteiger partial charge in [0.1, 0.15) is 5.69 Å². The molecule has 0 bridgehead atoms. The summed E-state index contributed by atoms with van der Waals surface area (Å²) >= 11 is 3.49. The third-order valence-electron chi connectivity index (χ3n) is 2.96. The van der Waals surface area contributed by atoms with Crippen LogP contribution in [0.5, 0.6) is 0 Å². The maximum atomic E-state index is 4.81. The minimum absolute atomic E-state index is 0.499. The van der Waals surface area contributed by atoms with Gasteiger partial charge >= 0.3 is 0 Å². The van der Waals surface area contributed by atoms with Crippen molar-refractivity contribution in [3.8, 4) is 21.8 Å². The van der Waals surface area contributed by atoms with Gasteiger partial charge in [-0.25, -0.2) is 4.98 Å². The second-order valence-corrected chi connectivity index (χ2v) is 7.63. The summed E-state index contributed by atoms with van der Waals surface area (Å²) in [4.78, 5) is 13.6. The van der Waals surface area contributed by atoms with E-state index in [0.717, 1.165) is 22.1 Å². The molecule has 3 heterocycles. The first kappa shape index (κ1) is 14.4. The highest BCUT2D eigenvalue weighted by Crippen LogP contribution is 2.36. The Hall–Kier alpha value is -1.59. The van der Waals surface area contributed by atoms with Gasteiger partial charge in [0.2, 0.25) is 0 Å². The van der Waals surface area contributed by atoms with E-state index in [-0.39, 0.29) is 0 Å². The number of thioether (sulfide) groups is 1. The molecule has 0 amide bonds. The number of rotatable bonds is 4. The van der Waals surface area contributed by atoms with Gasteiger partial charge in [-0.05, 0) is 36.1 Å². The number of imidazole rings is 1. The quantitative estimate of drug-likeness (QED) is 0.688. The molecule has 0 unspecified atom stereocenters. The highest BCUT2D eigenvalue weighted by molar-refractivity contribution is 7.99. The number of aromatic nitrogens is 3. The molecule has 3 aromatic heterocycles. The average molecular weight is 315 g/mol. The largest absolute Gasteiger partial charge is 0.332 e. The zero-order valence-corrected chi connectivity index (χ0v) is 13.9. The molecule has 0 radical (unpaired) electrons. The van der Waals surface area contributed by atoms with Gasteiger partial charge < -0.3 is 4.98 Å². The highest BCUT2D eigenvalue weighted by Gasteiger charge is 2.16. The monoisotopic (exact) mass is 315 g/mol. The van der Waals surface area contributed by atoms with Gasteiger partial charge in [0.15, 0.2) is 5.16 Å². The topological polar surface area (TPSA) is 41.6 Å². The van der Waals surface area contributed by atoms with Crippen LogP contribution in [0.2, 0.25) is 0 Å². The second-order valence-electron chi connectivity index (χ2n) is 5.16. The normalized spacial score (nSPS) is 11.2. The summed E-state index contributed by atoms with van der Waals surface area (Å²) < 4.78 is 0. The Morgan fingerprint density at radius 2 is 2.00 bits per heavy atom. The van der Waals surface area contributed by atoms with Gasteiger partial charge in [-0.2, -0.15) is 0 Å². The van der Waals surface area contributed by atoms with E-state index >= 15 is 0 Å². The van der Waals surface area contributed by atoms with Crippen LogP contribution in [-0.4, -0.2) is 20.2 Å². The molecule has 0 aliphatic carbocycles. The molecule has 3 aromatic rings. The molecule has 3 nitrogen and oxygen atoms in total. The van der Waals surface area contributed by atoms with E-state index in [9.17, 15) is 0 Å². The van der Waals surface area contributed by atoms with Crippen LogP contribution in [0, 0.1) is 6.92 Å². The first-order valence-electron chi connectivity index (χ1n) is 6.86. The summed E-state index contributed by atoms with van der Waals surface area (Å²) in [5.41, 5.74) is 4.50. The fourth-order valence-electron chi connectivity index (χ4n) is 2.09. The standard InChI is InChI=1S/C16H17N3S2/c1-10(2)21-16-18-14(12-4-6-17-7-5-12)15(19-16)13-8-11(3)9-20-13/h4-10H,1-3H3,(H,18,19). The molecule has 0 aliphatic rings. The second kappa shape index (κ2) is 6.03. The minimum Gasteiger partial charge on any atom is -0.332 e. The van der Waals surface area contributed by atoms with Gasteiger partial charge in [0.25, 0.3) is 0 Å². The van der Waals surface area contributed by atoms with Crippen molar-refractivity contribution in [2.24, 2.45) is 0 Å². The van der Waals surface area contributed by atoms with Gasteiger partial charge in [0, 0.05) is 23.2 Å². The average Bonchev–Trinajstić information content (AvgIpc) is 3.05. The van der Waals surface area contributed by atoms with E-state index in [1.54, 1.807) is 23.1 Å². The van der Waals surface area contributed by atoms with Crippen LogP contribution in [-0.2, 0) is 0 Å². The molecular weight excluding hydrogens is 298 g/mol. The molecule has 108 valence electrons. The Balaban J connectivity index is 2.10. The van der Waals surface area contributed by atoms with Crippen LogP contribution in [0.3, 0.4) is 0 Å². The number of aryl methyl sites for hydroxylation is 1. The number of nitrogens with one attached hydrogen (secondary N) is 1. The van der Waals surface area contributed by atoms with Gasteiger partial charge in [-0.15, -0.1) is 11.3 Å². The molecule has 0 spiro atoms. The lowest BCUT2D eigenvalue weighted by molar-refractivity contribution is 1.03. The number of thiophene rings is 1. The van der Waals surface area contributed by atoms with Gasteiger partial charge in [-0.3, -0.25) is 4.98 Å². The molecule has 0 aliphatic heterocycles. The summed E-state index contributed by atoms with van der Waals surface area (Å²) in [7, 11) is 0. The van der Waals surface area contributed by atoms with Crippen LogP contribution < -0.4 is 0 Å². The Bertz CT molecular complexity index is 729. The maximum absolute atomic E-state index is 4.81. The Morgan fingerprint density at radius 3 is 2.62 bits per heavy atom. The maximum Gasteiger partial charge on any atom is 0.166 e. The van der Waals surface area contributed by atoms with Gasteiger partial charge in [0.05, 0.1) is 10.6 Å². The van der Waals surface area contributed by atoms with Crippen molar-refractivity contribution in [1.82, 2.24) is 15.0 Å². The SMILES string of the molecule is Cc1csc(-c2nc(SC(C)C)[nH]c2-c2ccncc2)c1. The van der Waals surface area contributed by atoms with Crippen LogP contribution in [0.1, 0.15) is 19.4 Å². The van der Waals surface area contributed by atoms with Gasteiger partial charge in [-0.1, -0.05) is 25.6 Å². The number of hydrogen-bond acceptors (Lipinski definition) is 4. The Kier molecular flexibility index (Phi) is 4.12. The zero-order valence-electron chi connectivity index (χ0n) is 12.3. The lowest BCUT2D eigenvalue weighted by Crippen LogP contribution is -1.87. The number of pyridine rings is 1. The summed E-state index contributed by atoms with van der Waals surface area (Å²) in [5.74, 6) is 0. The first-order valence-corrected chi connectivity index (χ1v) is 8.62. The van der Waals surface area contributed by atoms with Crippen LogP contribution >= 0.6 is 23.1 Å². The van der Waals surface area contributed by atoms with Crippen LogP contribution in [0.25, 0.3) is 21.8 Å². The van der Waals surface area contributed by atoms with E-state index in [0.29, 0.717) is 5.25 Å². The molecule has 0 saturated heterocycles. The van der Waals surface area contributed by atoms with Crippen molar-refractivity contribution in [3.63, 3.8) is 0 Å². The molecule has 21 heavy (non-hydrogen) atoms. The van der Waals surface area contributed by atoms with Crippen molar-refractivity contribution in [2.75, 3.05) is 0 Å². The van der Waals surface area contributed by atoms with E-state index in [4.69, 9.17) is 4.98 Å². The third kappa shape index (κ3) is 3.19. The molecule has 0 aromatic carbocycles. The van der Waals surface area contributed by atoms with Crippen molar-refractivity contribution >= 4 is 23.1 Å². The fourth-order valence-corrected chi connectivity index (χ4v) is 3.74. The number of H-pyrrole nitrogens is 1. The number of hydrogen-bond donors (Lipinski definition) is 1. The molecule has 0 fully saturated rings. The van der Waals surface area contributed by atoms with E-state index in [2.05, 4.69) is 42.2 Å². The minimum atomic E-state index is 0.499. The van der Waals surface area contributed by atoms with Crippen LogP contribution in [0.4, 0.5) is 0 Å². The smallest absolute Gasteiger partial charge is 0.166 e. The Labute approximate surface area is 132 Å². The summed E-state index contributed by atoms with van der Waals surface area (Å²) in [5, 5.41) is 3.63. The predicted octanol–water partition coefficient (Wildman–Crippen LogP) is 5.01. The van der Waals surface area contributed by atoms with Crippen molar-refractivity contribution < 1.29 is 0 Å². The third-order valence-corrected chi connectivity index (χ3v) is 4.91. The lowest BCUT2D eigenvalue weighted by Gasteiger charge is -2.00. The van der Waals surface area contributed by atoms with Crippen molar-refractivity contribution in [1.29, 1.82) is 0 Å². The lowest BCUT2D eigenvalue weighted by atomic mass is 10.1. The molecule has 0 atom stereocenters. The van der Waals surface area contributed by atoms with Crippen molar-refractivity contribution in [3.05, 3.63) is 41.5 Å². The highest BCUT2D eigenvalue weighted by atomic mass is 32.2. The summed E-state index contributed by atoms with van der Waals surface area (Å²) in [6.45, 7) is 6.46. The van der Waals surface area contributed by atoms with Crippen molar-refractivity contribution in [2.45, 2.75) is 31.2 Å². The zero-order chi connectivity index (χ0) is 14.8. The molecular formula is C16H17N3S2. The Morgan fingerprint density at radius 1 is 1.24 bits per heavy atom. The predicted molar refractivity (Wildman–Crippen MR) is 90.9 cm³/mol.